The third kappa shape index (κ3) is 3.14. The lowest BCUT2D eigenvalue weighted by atomic mass is 10.1. The van der Waals surface area contributed by atoms with Crippen LogP contribution in [0, 0.1) is 17.1 Å². The summed E-state index contributed by atoms with van der Waals surface area (Å²) in [6.45, 7) is 1.96. The summed E-state index contributed by atoms with van der Waals surface area (Å²) < 4.78 is 19.4. The van der Waals surface area contributed by atoms with Gasteiger partial charge in [-0.05, 0) is 25.1 Å². The molecule has 0 bridgehead atoms. The molecule has 4 heteroatoms. The van der Waals surface area contributed by atoms with Crippen molar-refractivity contribution in [2.45, 2.75) is 19.6 Å². The minimum absolute atomic E-state index is 0.0985. The predicted octanol–water partition coefficient (Wildman–Crippen LogP) is 3.30. The molecule has 1 unspecified atom stereocenters. The van der Waals surface area contributed by atoms with E-state index in [9.17, 15) is 4.39 Å². The summed E-state index contributed by atoms with van der Waals surface area (Å²) in [5.41, 5.74) is 7.44. The second-order valence-electron chi connectivity index (χ2n) is 4.53. The van der Waals surface area contributed by atoms with Crippen molar-refractivity contribution >= 4 is 0 Å². The molecule has 0 amide bonds. The fourth-order valence-electron chi connectivity index (χ4n) is 1.88. The first-order valence-corrected chi connectivity index (χ1v) is 6.27. The average Bonchev–Trinajstić information content (AvgIpc) is 2.46. The molecule has 0 aromatic heterocycles. The number of para-hydroxylation sites is 1. The summed E-state index contributed by atoms with van der Waals surface area (Å²) in [7, 11) is 0. The maximum absolute atomic E-state index is 13.7. The Hall–Kier alpha value is -2.38. The smallest absolute Gasteiger partial charge is 0.131 e. The van der Waals surface area contributed by atoms with Crippen LogP contribution in [0.1, 0.15) is 29.7 Å². The quantitative estimate of drug-likeness (QED) is 0.927. The van der Waals surface area contributed by atoms with Crippen LogP contribution in [0.3, 0.4) is 0 Å². The van der Waals surface area contributed by atoms with Gasteiger partial charge in [0.25, 0.3) is 0 Å². The number of ether oxygens (including phenoxy) is 1. The predicted molar refractivity (Wildman–Crippen MR) is 74.5 cm³/mol. The van der Waals surface area contributed by atoms with E-state index in [1.54, 1.807) is 18.2 Å². The Morgan fingerprint density at radius 2 is 2.05 bits per heavy atom. The maximum Gasteiger partial charge on any atom is 0.131 e. The van der Waals surface area contributed by atoms with Gasteiger partial charge >= 0.3 is 0 Å². The first-order valence-electron chi connectivity index (χ1n) is 6.27. The molecular formula is C16H15FN2O. The van der Waals surface area contributed by atoms with Gasteiger partial charge in [0, 0.05) is 17.2 Å². The zero-order valence-electron chi connectivity index (χ0n) is 11.1. The molecule has 0 saturated heterocycles. The van der Waals surface area contributed by atoms with Crippen molar-refractivity contribution in [3.63, 3.8) is 0 Å². The molecule has 0 aliphatic carbocycles. The third-order valence-electron chi connectivity index (χ3n) is 2.97. The van der Waals surface area contributed by atoms with Gasteiger partial charge in [-0.3, -0.25) is 0 Å². The van der Waals surface area contributed by atoms with Crippen molar-refractivity contribution in [1.82, 2.24) is 0 Å². The Labute approximate surface area is 117 Å². The second kappa shape index (κ2) is 6.18. The van der Waals surface area contributed by atoms with Gasteiger partial charge in [-0.15, -0.1) is 0 Å². The normalized spacial score (nSPS) is 11.7. The minimum atomic E-state index is -0.442. The number of hydrogen-bond acceptors (Lipinski definition) is 3. The van der Waals surface area contributed by atoms with Crippen LogP contribution in [0.2, 0.25) is 0 Å². The minimum Gasteiger partial charge on any atom is -0.488 e. The summed E-state index contributed by atoms with van der Waals surface area (Å²) in [4.78, 5) is 0. The van der Waals surface area contributed by atoms with Gasteiger partial charge in [0.15, 0.2) is 0 Å². The zero-order chi connectivity index (χ0) is 14.5. The molecule has 20 heavy (non-hydrogen) atoms. The lowest BCUT2D eigenvalue weighted by molar-refractivity contribution is 0.295. The highest BCUT2D eigenvalue weighted by Crippen LogP contribution is 2.24. The molecule has 2 rings (SSSR count). The van der Waals surface area contributed by atoms with Crippen LogP contribution in [-0.2, 0) is 6.61 Å². The SMILES string of the molecule is CC(N)c1ccccc1OCc1ccc(C#N)cc1F. The van der Waals surface area contributed by atoms with Gasteiger partial charge in [-0.25, -0.2) is 4.39 Å². The largest absolute Gasteiger partial charge is 0.488 e. The van der Waals surface area contributed by atoms with Crippen molar-refractivity contribution in [3.8, 4) is 11.8 Å². The number of benzene rings is 2. The molecule has 0 saturated carbocycles. The highest BCUT2D eigenvalue weighted by molar-refractivity contribution is 5.36. The molecular weight excluding hydrogens is 255 g/mol. The Morgan fingerprint density at radius 3 is 2.70 bits per heavy atom. The molecule has 0 spiro atoms. The Kier molecular flexibility index (Phi) is 4.34. The Bertz CT molecular complexity index is 647. The van der Waals surface area contributed by atoms with E-state index in [0.29, 0.717) is 16.9 Å². The summed E-state index contributed by atoms with van der Waals surface area (Å²) in [6, 6.07) is 13.5. The van der Waals surface area contributed by atoms with Gasteiger partial charge in [0.1, 0.15) is 18.2 Å². The zero-order valence-corrected chi connectivity index (χ0v) is 11.1. The van der Waals surface area contributed by atoms with E-state index in [1.165, 1.54) is 6.07 Å². The molecule has 2 aromatic rings. The number of nitriles is 1. The fraction of sp³-hybridized carbons (Fsp3) is 0.188. The Balaban J connectivity index is 2.15. The molecule has 2 aromatic carbocycles. The lowest BCUT2D eigenvalue weighted by Gasteiger charge is -2.14. The molecule has 2 N–H and O–H groups in total. The van der Waals surface area contributed by atoms with E-state index < -0.39 is 5.82 Å². The first-order chi connectivity index (χ1) is 9.61. The second-order valence-corrected chi connectivity index (χ2v) is 4.53. The third-order valence-corrected chi connectivity index (χ3v) is 2.97. The standard InChI is InChI=1S/C16H15FN2O/c1-11(19)14-4-2-3-5-16(14)20-10-13-7-6-12(9-18)8-15(13)17/h2-8,11H,10,19H2,1H3. The van der Waals surface area contributed by atoms with Gasteiger partial charge in [-0.1, -0.05) is 24.3 Å². The van der Waals surface area contributed by atoms with Crippen molar-refractivity contribution < 1.29 is 9.13 Å². The van der Waals surface area contributed by atoms with Gasteiger partial charge in [-0.2, -0.15) is 5.26 Å². The number of nitrogens with zero attached hydrogens (tertiary/aromatic N) is 1. The van der Waals surface area contributed by atoms with Crippen molar-refractivity contribution in [2.75, 3.05) is 0 Å². The van der Waals surface area contributed by atoms with E-state index in [2.05, 4.69) is 0 Å². The van der Waals surface area contributed by atoms with Crippen LogP contribution < -0.4 is 10.5 Å². The van der Waals surface area contributed by atoms with Crippen molar-refractivity contribution in [2.24, 2.45) is 5.73 Å². The topological polar surface area (TPSA) is 59.0 Å². The highest BCUT2D eigenvalue weighted by atomic mass is 19.1. The maximum atomic E-state index is 13.7. The van der Waals surface area contributed by atoms with Crippen molar-refractivity contribution in [1.29, 1.82) is 5.26 Å². The van der Waals surface area contributed by atoms with E-state index in [0.717, 1.165) is 5.56 Å². The van der Waals surface area contributed by atoms with Crippen LogP contribution in [0.15, 0.2) is 42.5 Å². The van der Waals surface area contributed by atoms with Crippen LogP contribution in [-0.4, -0.2) is 0 Å². The summed E-state index contributed by atoms with van der Waals surface area (Å²) in [6.07, 6.45) is 0. The highest BCUT2D eigenvalue weighted by Gasteiger charge is 2.09. The summed E-state index contributed by atoms with van der Waals surface area (Å²) in [5.74, 6) is 0.202. The van der Waals surface area contributed by atoms with Crippen LogP contribution in [0.5, 0.6) is 5.75 Å². The lowest BCUT2D eigenvalue weighted by Crippen LogP contribution is -2.08. The molecule has 3 nitrogen and oxygen atoms in total. The molecule has 0 heterocycles. The first kappa shape index (κ1) is 14.0. The average molecular weight is 270 g/mol. The molecule has 0 radical (unpaired) electrons. The van der Waals surface area contributed by atoms with Crippen LogP contribution >= 0.6 is 0 Å². The molecule has 0 aliphatic heterocycles. The van der Waals surface area contributed by atoms with Crippen LogP contribution in [0.4, 0.5) is 4.39 Å². The molecule has 0 aliphatic rings. The monoisotopic (exact) mass is 270 g/mol. The summed E-state index contributed by atoms with van der Waals surface area (Å²) in [5, 5.41) is 8.70. The number of halogens is 1. The van der Waals surface area contributed by atoms with E-state index in [-0.39, 0.29) is 12.6 Å². The number of hydrogen-bond donors (Lipinski definition) is 1. The van der Waals surface area contributed by atoms with Crippen molar-refractivity contribution in [3.05, 3.63) is 65.0 Å². The molecule has 102 valence electrons. The molecule has 0 fully saturated rings. The fourth-order valence-corrected chi connectivity index (χ4v) is 1.88. The van der Waals surface area contributed by atoms with Gasteiger partial charge < -0.3 is 10.5 Å². The van der Waals surface area contributed by atoms with Gasteiger partial charge in [0.05, 0.1) is 11.6 Å². The molecule has 1 atom stereocenters. The number of nitrogens with two attached hydrogens (primary N) is 1. The van der Waals surface area contributed by atoms with E-state index >= 15 is 0 Å². The van der Waals surface area contributed by atoms with Gasteiger partial charge in [0.2, 0.25) is 0 Å². The van der Waals surface area contributed by atoms with E-state index in [1.807, 2.05) is 31.2 Å². The van der Waals surface area contributed by atoms with E-state index in [4.69, 9.17) is 15.7 Å². The number of rotatable bonds is 4. The van der Waals surface area contributed by atoms with Crippen LogP contribution in [0.25, 0.3) is 0 Å². The summed E-state index contributed by atoms with van der Waals surface area (Å²) >= 11 is 0. The Morgan fingerprint density at radius 1 is 1.30 bits per heavy atom.